The van der Waals surface area contributed by atoms with Crippen molar-refractivity contribution in [1.82, 2.24) is 4.98 Å². The van der Waals surface area contributed by atoms with E-state index in [1.165, 1.54) is 12.5 Å². The standard InChI is InChI=1S/C20H23ClN2O3/c1-11(2)15-6-8-16(9-7-15)23-19(24)14(5)26-20(25)17-12(3)10-13(4)22-18(17)21/h6-11,14H,1-5H3,(H,23,24)/t14-/m0/s1. The van der Waals surface area contributed by atoms with Crippen LogP contribution in [0.5, 0.6) is 0 Å². The van der Waals surface area contributed by atoms with Crippen molar-refractivity contribution in [3.05, 3.63) is 57.9 Å². The number of aryl methyl sites for hydroxylation is 2. The lowest BCUT2D eigenvalue weighted by atomic mass is 10.0. The summed E-state index contributed by atoms with van der Waals surface area (Å²) in [5.41, 5.74) is 3.37. The van der Waals surface area contributed by atoms with E-state index in [0.29, 0.717) is 22.9 Å². The summed E-state index contributed by atoms with van der Waals surface area (Å²) in [6.45, 7) is 9.25. The van der Waals surface area contributed by atoms with E-state index in [9.17, 15) is 9.59 Å². The normalized spacial score (nSPS) is 12.0. The number of ether oxygens (including phenoxy) is 1. The van der Waals surface area contributed by atoms with Crippen molar-refractivity contribution < 1.29 is 14.3 Å². The molecule has 2 aromatic rings. The summed E-state index contributed by atoms with van der Waals surface area (Å²) >= 11 is 6.05. The van der Waals surface area contributed by atoms with Crippen LogP contribution < -0.4 is 5.32 Å². The lowest BCUT2D eigenvalue weighted by Gasteiger charge is -2.15. The Morgan fingerprint density at radius 2 is 1.73 bits per heavy atom. The van der Waals surface area contributed by atoms with E-state index in [4.69, 9.17) is 16.3 Å². The second-order valence-corrected chi connectivity index (χ2v) is 6.92. The molecular formula is C20H23ClN2O3. The van der Waals surface area contributed by atoms with Crippen molar-refractivity contribution in [3.63, 3.8) is 0 Å². The quantitative estimate of drug-likeness (QED) is 0.610. The van der Waals surface area contributed by atoms with Crippen molar-refractivity contribution in [2.24, 2.45) is 0 Å². The van der Waals surface area contributed by atoms with Crippen LogP contribution in [-0.2, 0) is 9.53 Å². The van der Waals surface area contributed by atoms with Crippen molar-refractivity contribution in [1.29, 1.82) is 0 Å². The highest BCUT2D eigenvalue weighted by molar-refractivity contribution is 6.32. The molecule has 2 rings (SSSR count). The molecule has 0 aliphatic rings. The minimum absolute atomic E-state index is 0.0735. The molecule has 0 unspecified atom stereocenters. The lowest BCUT2D eigenvalue weighted by molar-refractivity contribution is -0.123. The molecule has 1 N–H and O–H groups in total. The third-order valence-corrected chi connectivity index (χ3v) is 4.28. The van der Waals surface area contributed by atoms with Crippen LogP contribution in [0, 0.1) is 13.8 Å². The van der Waals surface area contributed by atoms with Gasteiger partial charge < -0.3 is 10.1 Å². The average Bonchev–Trinajstić information content (AvgIpc) is 2.54. The zero-order valence-electron chi connectivity index (χ0n) is 15.6. The minimum Gasteiger partial charge on any atom is -0.449 e. The third kappa shape index (κ3) is 4.82. The van der Waals surface area contributed by atoms with E-state index < -0.39 is 18.0 Å². The van der Waals surface area contributed by atoms with E-state index in [1.807, 2.05) is 24.3 Å². The highest BCUT2D eigenvalue weighted by atomic mass is 35.5. The number of halogens is 1. The number of benzene rings is 1. The zero-order chi connectivity index (χ0) is 19.4. The summed E-state index contributed by atoms with van der Waals surface area (Å²) in [6.07, 6.45) is -0.968. The van der Waals surface area contributed by atoms with Crippen LogP contribution >= 0.6 is 11.6 Å². The second-order valence-electron chi connectivity index (χ2n) is 6.56. The first-order valence-electron chi connectivity index (χ1n) is 8.44. The first-order chi connectivity index (χ1) is 12.2. The Labute approximate surface area is 158 Å². The van der Waals surface area contributed by atoms with Crippen LogP contribution in [0.25, 0.3) is 0 Å². The summed E-state index contributed by atoms with van der Waals surface area (Å²) in [5.74, 6) is -0.668. The molecule has 5 nitrogen and oxygen atoms in total. The summed E-state index contributed by atoms with van der Waals surface area (Å²) in [5, 5.41) is 2.81. The first-order valence-corrected chi connectivity index (χ1v) is 8.82. The van der Waals surface area contributed by atoms with Crippen LogP contribution in [0.2, 0.25) is 5.15 Å². The van der Waals surface area contributed by atoms with Gasteiger partial charge in [0.05, 0.1) is 5.56 Å². The summed E-state index contributed by atoms with van der Waals surface area (Å²) < 4.78 is 5.26. The number of esters is 1. The Morgan fingerprint density at radius 1 is 1.12 bits per heavy atom. The molecule has 0 spiro atoms. The monoisotopic (exact) mass is 374 g/mol. The van der Waals surface area contributed by atoms with Crippen molar-refractivity contribution in [2.75, 3.05) is 5.32 Å². The molecule has 1 atom stereocenters. The maximum Gasteiger partial charge on any atom is 0.342 e. The fourth-order valence-electron chi connectivity index (χ4n) is 2.50. The van der Waals surface area contributed by atoms with Crippen LogP contribution in [0.1, 0.15) is 53.9 Å². The predicted molar refractivity (Wildman–Crippen MR) is 103 cm³/mol. The number of hydrogen-bond donors (Lipinski definition) is 1. The number of amides is 1. The molecule has 1 amide bonds. The fraction of sp³-hybridized carbons (Fsp3) is 0.350. The molecule has 26 heavy (non-hydrogen) atoms. The Morgan fingerprint density at radius 3 is 2.27 bits per heavy atom. The Balaban J connectivity index is 2.03. The number of aromatic nitrogens is 1. The van der Waals surface area contributed by atoms with Crippen LogP contribution in [0.4, 0.5) is 5.69 Å². The van der Waals surface area contributed by atoms with Crippen molar-refractivity contribution >= 4 is 29.2 Å². The molecule has 0 radical (unpaired) electrons. The molecule has 0 bridgehead atoms. The van der Waals surface area contributed by atoms with E-state index >= 15 is 0 Å². The van der Waals surface area contributed by atoms with Gasteiger partial charge in [0.15, 0.2) is 6.10 Å². The molecule has 0 aliphatic heterocycles. The number of hydrogen-bond acceptors (Lipinski definition) is 4. The maximum absolute atomic E-state index is 12.4. The molecule has 6 heteroatoms. The fourth-order valence-corrected chi connectivity index (χ4v) is 2.86. The van der Waals surface area contributed by atoms with E-state index in [2.05, 4.69) is 24.1 Å². The number of nitrogens with zero attached hydrogens (tertiary/aromatic N) is 1. The molecular weight excluding hydrogens is 352 g/mol. The molecule has 0 fully saturated rings. The predicted octanol–water partition coefficient (Wildman–Crippen LogP) is 4.66. The van der Waals surface area contributed by atoms with E-state index in [1.54, 1.807) is 19.9 Å². The van der Waals surface area contributed by atoms with Gasteiger partial charge in [-0.3, -0.25) is 4.79 Å². The van der Waals surface area contributed by atoms with Crippen LogP contribution in [0.15, 0.2) is 30.3 Å². The Bertz CT molecular complexity index is 793. The minimum atomic E-state index is -0.968. The number of nitrogens with one attached hydrogen (secondary N) is 1. The van der Waals surface area contributed by atoms with Gasteiger partial charge in [0.1, 0.15) is 5.15 Å². The average molecular weight is 375 g/mol. The Hall–Kier alpha value is -2.40. The summed E-state index contributed by atoms with van der Waals surface area (Å²) in [6, 6.07) is 9.30. The molecule has 1 aromatic heterocycles. The lowest BCUT2D eigenvalue weighted by Crippen LogP contribution is -2.30. The highest BCUT2D eigenvalue weighted by Gasteiger charge is 2.23. The zero-order valence-corrected chi connectivity index (χ0v) is 16.3. The molecule has 0 saturated carbocycles. The van der Waals surface area contributed by atoms with E-state index in [-0.39, 0.29) is 10.7 Å². The number of rotatable bonds is 5. The van der Waals surface area contributed by atoms with Crippen molar-refractivity contribution in [3.8, 4) is 0 Å². The SMILES string of the molecule is Cc1cc(C)c(C(=O)O[C@@H](C)C(=O)Nc2ccc(C(C)C)cc2)c(Cl)n1. The van der Waals surface area contributed by atoms with E-state index in [0.717, 1.165) is 0 Å². The van der Waals surface area contributed by atoms with Gasteiger partial charge in [-0.05, 0) is 56.0 Å². The molecule has 0 saturated heterocycles. The summed E-state index contributed by atoms with van der Waals surface area (Å²) in [7, 11) is 0. The van der Waals surface area contributed by atoms with Gasteiger partial charge in [0.25, 0.3) is 5.91 Å². The molecule has 0 aliphatic carbocycles. The molecule has 1 heterocycles. The number of carbonyl (C=O) groups excluding carboxylic acids is 2. The van der Waals surface area contributed by atoms with Gasteiger partial charge in [-0.1, -0.05) is 37.6 Å². The number of anilines is 1. The first kappa shape index (κ1) is 19.9. The van der Waals surface area contributed by atoms with Gasteiger partial charge in [-0.25, -0.2) is 9.78 Å². The highest BCUT2D eigenvalue weighted by Crippen LogP contribution is 2.21. The second kappa shape index (κ2) is 8.32. The smallest absolute Gasteiger partial charge is 0.342 e. The number of carbonyl (C=O) groups is 2. The van der Waals surface area contributed by atoms with Gasteiger partial charge in [-0.2, -0.15) is 0 Å². The van der Waals surface area contributed by atoms with Crippen molar-refractivity contribution in [2.45, 2.75) is 46.6 Å². The van der Waals surface area contributed by atoms with Crippen LogP contribution in [0.3, 0.4) is 0 Å². The summed E-state index contributed by atoms with van der Waals surface area (Å²) in [4.78, 5) is 28.7. The molecule has 1 aromatic carbocycles. The maximum atomic E-state index is 12.4. The van der Waals surface area contributed by atoms with Crippen LogP contribution in [-0.4, -0.2) is 23.0 Å². The van der Waals surface area contributed by atoms with Gasteiger partial charge >= 0.3 is 5.97 Å². The largest absolute Gasteiger partial charge is 0.449 e. The Kier molecular flexibility index (Phi) is 6.37. The molecule has 138 valence electrons. The van der Waals surface area contributed by atoms with Gasteiger partial charge in [0, 0.05) is 11.4 Å². The van der Waals surface area contributed by atoms with Gasteiger partial charge in [-0.15, -0.1) is 0 Å². The topological polar surface area (TPSA) is 68.3 Å². The van der Waals surface area contributed by atoms with Gasteiger partial charge in [0.2, 0.25) is 0 Å². The number of pyridine rings is 1. The third-order valence-electron chi connectivity index (χ3n) is 4.00.